The van der Waals surface area contributed by atoms with Crippen LogP contribution in [-0.2, 0) is 9.53 Å². The summed E-state index contributed by atoms with van der Waals surface area (Å²) in [7, 11) is 0. The zero-order valence-corrected chi connectivity index (χ0v) is 17.1. The molecule has 2 fully saturated rings. The lowest BCUT2D eigenvalue weighted by atomic mass is 9.90. The molecular formula is C23H26N4O3. The van der Waals surface area contributed by atoms with Crippen molar-refractivity contribution in [3.8, 4) is 0 Å². The molecule has 1 aliphatic carbocycles. The molecule has 1 saturated heterocycles. The number of hydrogen-bond donors (Lipinski definition) is 1. The van der Waals surface area contributed by atoms with Crippen LogP contribution in [0.2, 0.25) is 0 Å². The summed E-state index contributed by atoms with van der Waals surface area (Å²) in [4.78, 5) is 32.4. The third kappa shape index (κ3) is 3.28. The highest BCUT2D eigenvalue weighted by Crippen LogP contribution is 2.59. The molecular weight excluding hydrogens is 380 g/mol. The first-order valence-corrected chi connectivity index (χ1v) is 10.5. The summed E-state index contributed by atoms with van der Waals surface area (Å²) < 4.78 is 5.64. The first-order chi connectivity index (χ1) is 14.4. The van der Waals surface area contributed by atoms with Crippen molar-refractivity contribution in [1.82, 2.24) is 14.8 Å². The Bertz CT molecular complexity index is 988. The van der Waals surface area contributed by atoms with Crippen molar-refractivity contribution < 1.29 is 14.3 Å². The molecule has 1 spiro atoms. The van der Waals surface area contributed by atoms with Crippen molar-refractivity contribution >= 4 is 11.8 Å². The van der Waals surface area contributed by atoms with E-state index in [0.717, 1.165) is 43.6 Å². The van der Waals surface area contributed by atoms with Gasteiger partial charge in [0, 0.05) is 50.0 Å². The molecule has 7 heteroatoms. The summed E-state index contributed by atoms with van der Waals surface area (Å²) in [5.74, 6) is 0.943. The van der Waals surface area contributed by atoms with Crippen LogP contribution in [0.5, 0.6) is 0 Å². The topological polar surface area (TPSA) is 88.8 Å². The van der Waals surface area contributed by atoms with Gasteiger partial charge in [0.15, 0.2) is 6.10 Å². The quantitative estimate of drug-likeness (QED) is 0.827. The van der Waals surface area contributed by atoms with Gasteiger partial charge < -0.3 is 20.3 Å². The Hall–Kier alpha value is -3.09. The molecule has 2 N–H and O–H groups in total. The first-order valence-electron chi connectivity index (χ1n) is 10.5. The number of allylic oxidation sites excluding steroid dienone is 1. The van der Waals surface area contributed by atoms with Gasteiger partial charge in [0.25, 0.3) is 11.8 Å². The van der Waals surface area contributed by atoms with Crippen LogP contribution in [0.15, 0.2) is 54.3 Å². The van der Waals surface area contributed by atoms with E-state index in [9.17, 15) is 9.59 Å². The Morgan fingerprint density at radius 1 is 1.33 bits per heavy atom. The third-order valence-corrected chi connectivity index (χ3v) is 6.98. The average molecular weight is 406 g/mol. The molecule has 0 aromatic carbocycles. The summed E-state index contributed by atoms with van der Waals surface area (Å²) in [5.41, 5.74) is 8.29. The molecule has 0 bridgehead atoms. The van der Waals surface area contributed by atoms with Gasteiger partial charge in [0.05, 0.1) is 5.56 Å². The highest BCUT2D eigenvalue weighted by Gasteiger charge is 2.55. The fourth-order valence-electron chi connectivity index (χ4n) is 4.92. The van der Waals surface area contributed by atoms with Gasteiger partial charge in [-0.2, -0.15) is 0 Å². The van der Waals surface area contributed by atoms with Crippen LogP contribution in [0.1, 0.15) is 35.2 Å². The maximum absolute atomic E-state index is 12.8. The lowest BCUT2D eigenvalue weighted by Crippen LogP contribution is -2.40. The van der Waals surface area contributed by atoms with Crippen molar-refractivity contribution in [3.63, 3.8) is 0 Å². The first kappa shape index (κ1) is 18.9. The molecule has 156 valence electrons. The minimum absolute atomic E-state index is 0.0954. The predicted octanol–water partition coefficient (Wildman–Crippen LogP) is 2.11. The molecule has 5 rings (SSSR count). The van der Waals surface area contributed by atoms with E-state index in [2.05, 4.69) is 9.88 Å². The molecule has 3 aliphatic heterocycles. The van der Waals surface area contributed by atoms with Crippen LogP contribution < -0.4 is 5.73 Å². The number of carbonyl (C=O) groups excluding carboxylic acids is 2. The van der Waals surface area contributed by atoms with E-state index in [1.807, 2.05) is 36.4 Å². The predicted molar refractivity (Wildman–Crippen MR) is 111 cm³/mol. The number of amides is 2. The smallest absolute Gasteiger partial charge is 0.262 e. The number of pyridine rings is 1. The van der Waals surface area contributed by atoms with Crippen molar-refractivity contribution in [3.05, 3.63) is 65.5 Å². The van der Waals surface area contributed by atoms with E-state index >= 15 is 0 Å². The van der Waals surface area contributed by atoms with Crippen molar-refractivity contribution in [2.45, 2.75) is 32.3 Å². The second-order valence-electron chi connectivity index (χ2n) is 8.81. The summed E-state index contributed by atoms with van der Waals surface area (Å²) in [6.07, 6.45) is 13.7. The molecule has 1 aromatic rings. The summed E-state index contributed by atoms with van der Waals surface area (Å²) in [6.45, 7) is 4.49. The SMILES string of the molecule is Cc1ccncc1C(=O)N1CCC2(CC1)CC2CN1C=CC2=CC(C(N)=O)OC2=C1. The number of aromatic nitrogens is 1. The standard InChI is InChI=1S/C23H26N4O3/c1-15-2-6-25-12-18(15)22(29)27-8-4-23(5-9-27)11-17(23)13-26-7-3-16-10-19(21(24)28)30-20(16)14-26/h2-3,6-7,10,12,14,17,19H,4-5,8-9,11,13H2,1H3,(H2,24,28). The molecule has 1 saturated carbocycles. The van der Waals surface area contributed by atoms with E-state index in [-0.39, 0.29) is 5.91 Å². The number of ether oxygens (including phenoxy) is 1. The highest BCUT2D eigenvalue weighted by atomic mass is 16.5. The fraction of sp³-hybridized carbons (Fsp3) is 0.435. The van der Waals surface area contributed by atoms with E-state index in [1.165, 1.54) is 6.42 Å². The molecule has 30 heavy (non-hydrogen) atoms. The molecule has 1 aromatic heterocycles. The molecule has 2 amide bonds. The van der Waals surface area contributed by atoms with Crippen LogP contribution in [0, 0.1) is 18.3 Å². The fourth-order valence-corrected chi connectivity index (χ4v) is 4.92. The van der Waals surface area contributed by atoms with Gasteiger partial charge in [-0.3, -0.25) is 14.6 Å². The molecule has 4 heterocycles. The number of aryl methyl sites for hydroxylation is 1. The number of hydrogen-bond acceptors (Lipinski definition) is 5. The number of primary amides is 1. The number of nitrogens with zero attached hydrogens (tertiary/aromatic N) is 3. The van der Waals surface area contributed by atoms with Crippen LogP contribution in [0.25, 0.3) is 0 Å². The number of rotatable bonds is 4. The second-order valence-corrected chi connectivity index (χ2v) is 8.81. The van der Waals surface area contributed by atoms with Crippen molar-refractivity contribution in [1.29, 1.82) is 0 Å². The van der Waals surface area contributed by atoms with Crippen LogP contribution in [0.4, 0.5) is 0 Å². The van der Waals surface area contributed by atoms with Gasteiger partial charge in [-0.1, -0.05) is 0 Å². The molecule has 7 nitrogen and oxygen atoms in total. The molecule has 2 unspecified atom stereocenters. The lowest BCUT2D eigenvalue weighted by Gasteiger charge is -2.34. The Morgan fingerprint density at radius 3 is 2.87 bits per heavy atom. The van der Waals surface area contributed by atoms with E-state index in [1.54, 1.807) is 18.5 Å². The summed E-state index contributed by atoms with van der Waals surface area (Å²) in [6, 6.07) is 1.89. The van der Waals surface area contributed by atoms with Gasteiger partial charge in [-0.15, -0.1) is 0 Å². The number of likely N-dealkylation sites (tertiary alicyclic amines) is 1. The van der Waals surface area contributed by atoms with Gasteiger partial charge in [0.1, 0.15) is 5.76 Å². The Kier molecular flexibility index (Phi) is 4.41. The van der Waals surface area contributed by atoms with Crippen LogP contribution in [0.3, 0.4) is 0 Å². The Labute approximate surface area is 175 Å². The Morgan fingerprint density at radius 2 is 2.13 bits per heavy atom. The highest BCUT2D eigenvalue weighted by molar-refractivity contribution is 5.95. The average Bonchev–Trinajstić information content (AvgIpc) is 3.20. The van der Waals surface area contributed by atoms with Gasteiger partial charge >= 0.3 is 0 Å². The molecule has 4 aliphatic rings. The number of piperidine rings is 1. The monoisotopic (exact) mass is 406 g/mol. The number of carbonyl (C=O) groups is 2. The second kappa shape index (κ2) is 7.00. The third-order valence-electron chi connectivity index (χ3n) is 6.98. The minimum Gasteiger partial charge on any atom is -0.474 e. The number of nitrogens with two attached hydrogens (primary N) is 1. The van der Waals surface area contributed by atoms with Gasteiger partial charge in [-0.05, 0) is 61.3 Å². The number of fused-ring (bicyclic) bond motifs is 1. The maximum Gasteiger partial charge on any atom is 0.262 e. The van der Waals surface area contributed by atoms with E-state index in [4.69, 9.17) is 10.5 Å². The summed E-state index contributed by atoms with van der Waals surface area (Å²) in [5, 5.41) is 0. The van der Waals surface area contributed by atoms with Crippen molar-refractivity contribution in [2.24, 2.45) is 17.1 Å². The zero-order chi connectivity index (χ0) is 20.9. The van der Waals surface area contributed by atoms with Gasteiger partial charge in [0.2, 0.25) is 0 Å². The minimum atomic E-state index is -0.673. The van der Waals surface area contributed by atoms with Crippen molar-refractivity contribution in [2.75, 3.05) is 19.6 Å². The largest absolute Gasteiger partial charge is 0.474 e. The molecule has 2 atom stereocenters. The lowest BCUT2D eigenvalue weighted by molar-refractivity contribution is -0.124. The molecule has 0 radical (unpaired) electrons. The van der Waals surface area contributed by atoms with E-state index < -0.39 is 12.0 Å². The normalized spacial score (nSPS) is 26.0. The van der Waals surface area contributed by atoms with Crippen LogP contribution >= 0.6 is 0 Å². The summed E-state index contributed by atoms with van der Waals surface area (Å²) >= 11 is 0. The zero-order valence-electron chi connectivity index (χ0n) is 17.1. The van der Waals surface area contributed by atoms with E-state index in [0.29, 0.717) is 22.7 Å². The van der Waals surface area contributed by atoms with Gasteiger partial charge in [-0.25, -0.2) is 0 Å². The van der Waals surface area contributed by atoms with Crippen LogP contribution in [-0.4, -0.2) is 52.3 Å². The Balaban J connectivity index is 1.17. The maximum atomic E-state index is 12.8.